The van der Waals surface area contributed by atoms with Crippen molar-refractivity contribution in [3.63, 3.8) is 0 Å². The van der Waals surface area contributed by atoms with Crippen LogP contribution in [0.5, 0.6) is 5.75 Å². The largest absolute Gasteiger partial charge is 0.487 e. The highest BCUT2D eigenvalue weighted by Gasteiger charge is 2.13. The van der Waals surface area contributed by atoms with Crippen LogP contribution < -0.4 is 4.74 Å². The highest BCUT2D eigenvalue weighted by atomic mass is 19.1. The van der Waals surface area contributed by atoms with Gasteiger partial charge in [-0.15, -0.1) is 0 Å². The summed E-state index contributed by atoms with van der Waals surface area (Å²) in [5.74, 6) is 0.185. The monoisotopic (exact) mass is 238 g/mol. The van der Waals surface area contributed by atoms with Crippen molar-refractivity contribution in [3.8, 4) is 5.75 Å². The molecule has 1 atom stereocenters. The van der Waals surface area contributed by atoms with Gasteiger partial charge in [0.2, 0.25) is 0 Å². The van der Waals surface area contributed by atoms with Crippen molar-refractivity contribution in [3.05, 3.63) is 29.6 Å². The smallest absolute Gasteiger partial charge is 0.165 e. The molecule has 96 valence electrons. The summed E-state index contributed by atoms with van der Waals surface area (Å²) in [7, 11) is 0. The van der Waals surface area contributed by atoms with Gasteiger partial charge in [-0.2, -0.15) is 0 Å². The number of rotatable bonds is 7. The van der Waals surface area contributed by atoms with E-state index >= 15 is 0 Å². The first-order chi connectivity index (χ1) is 8.19. The van der Waals surface area contributed by atoms with Gasteiger partial charge in [0.1, 0.15) is 0 Å². The van der Waals surface area contributed by atoms with Crippen LogP contribution in [0.1, 0.15) is 51.5 Å². The minimum absolute atomic E-state index is 0.149. The molecule has 0 aliphatic carbocycles. The van der Waals surface area contributed by atoms with Gasteiger partial charge in [-0.3, -0.25) is 0 Å². The molecule has 0 radical (unpaired) electrons. The fraction of sp³-hybridized carbons (Fsp3) is 0.600. The van der Waals surface area contributed by atoms with Gasteiger partial charge in [-0.1, -0.05) is 45.2 Å². The molecule has 0 heterocycles. The van der Waals surface area contributed by atoms with Crippen molar-refractivity contribution in [2.45, 2.75) is 59.0 Å². The van der Waals surface area contributed by atoms with Gasteiger partial charge < -0.3 is 4.74 Å². The summed E-state index contributed by atoms with van der Waals surface area (Å²) in [6.45, 7) is 6.19. The minimum atomic E-state index is -0.248. The van der Waals surface area contributed by atoms with Crippen LogP contribution in [0.25, 0.3) is 0 Å². The van der Waals surface area contributed by atoms with E-state index in [1.165, 1.54) is 6.07 Å². The molecule has 1 aromatic carbocycles. The molecule has 0 saturated heterocycles. The summed E-state index contributed by atoms with van der Waals surface area (Å²) in [6, 6.07) is 5.07. The van der Waals surface area contributed by atoms with Crippen molar-refractivity contribution in [2.24, 2.45) is 0 Å². The molecule has 17 heavy (non-hydrogen) atoms. The molecule has 0 aliphatic rings. The molecule has 1 aromatic rings. The van der Waals surface area contributed by atoms with E-state index in [9.17, 15) is 4.39 Å². The Hall–Kier alpha value is -1.05. The zero-order chi connectivity index (χ0) is 12.7. The molecule has 1 unspecified atom stereocenters. The summed E-state index contributed by atoms with van der Waals surface area (Å²) >= 11 is 0. The fourth-order valence-electron chi connectivity index (χ4n) is 1.95. The van der Waals surface area contributed by atoms with E-state index in [4.69, 9.17) is 4.74 Å². The second-order valence-corrected chi connectivity index (χ2v) is 4.56. The normalized spacial score (nSPS) is 12.5. The number of hydrogen-bond acceptors (Lipinski definition) is 1. The summed E-state index contributed by atoms with van der Waals surface area (Å²) in [4.78, 5) is 0. The number of ether oxygens (including phenoxy) is 1. The molecule has 1 rings (SSSR count). The van der Waals surface area contributed by atoms with E-state index in [-0.39, 0.29) is 11.9 Å². The highest BCUT2D eigenvalue weighted by molar-refractivity contribution is 5.33. The minimum Gasteiger partial charge on any atom is -0.487 e. The SMILES string of the molecule is CCCCC(CCC)Oc1c(C)cccc1F. The summed E-state index contributed by atoms with van der Waals surface area (Å²) < 4.78 is 19.5. The number of unbranched alkanes of at least 4 members (excludes halogenated alkanes) is 1. The zero-order valence-corrected chi connectivity index (χ0v) is 11.1. The average molecular weight is 238 g/mol. The predicted octanol–water partition coefficient (Wildman–Crippen LogP) is 4.87. The van der Waals surface area contributed by atoms with Crippen molar-refractivity contribution >= 4 is 0 Å². The summed E-state index contributed by atoms with van der Waals surface area (Å²) in [6.07, 6.45) is 5.52. The Morgan fingerprint density at radius 2 is 1.94 bits per heavy atom. The first-order valence-electron chi connectivity index (χ1n) is 6.60. The first-order valence-corrected chi connectivity index (χ1v) is 6.60. The van der Waals surface area contributed by atoms with E-state index in [1.807, 2.05) is 13.0 Å². The lowest BCUT2D eigenvalue weighted by Crippen LogP contribution is -2.17. The lowest BCUT2D eigenvalue weighted by Gasteiger charge is -2.20. The molecule has 0 aliphatic heterocycles. The maximum absolute atomic E-state index is 13.6. The Kier molecular flexibility index (Phi) is 6.03. The number of benzene rings is 1. The van der Waals surface area contributed by atoms with Crippen LogP contribution in [0.2, 0.25) is 0 Å². The molecular weight excluding hydrogens is 215 g/mol. The Morgan fingerprint density at radius 1 is 1.18 bits per heavy atom. The lowest BCUT2D eigenvalue weighted by atomic mass is 10.1. The van der Waals surface area contributed by atoms with Crippen LogP contribution >= 0.6 is 0 Å². The van der Waals surface area contributed by atoms with Gasteiger partial charge in [0.05, 0.1) is 6.10 Å². The van der Waals surface area contributed by atoms with Crippen LogP contribution in [0.15, 0.2) is 18.2 Å². The highest BCUT2D eigenvalue weighted by Crippen LogP contribution is 2.25. The number of hydrogen-bond donors (Lipinski definition) is 0. The third kappa shape index (κ3) is 4.37. The predicted molar refractivity (Wildman–Crippen MR) is 70.0 cm³/mol. The number of halogens is 1. The van der Waals surface area contributed by atoms with Gasteiger partial charge in [0.25, 0.3) is 0 Å². The van der Waals surface area contributed by atoms with Gasteiger partial charge in [0, 0.05) is 0 Å². The van der Waals surface area contributed by atoms with Crippen LogP contribution in [0.4, 0.5) is 4.39 Å². The fourth-order valence-corrected chi connectivity index (χ4v) is 1.95. The Bertz CT molecular complexity index is 315. The quantitative estimate of drug-likeness (QED) is 0.658. The third-order valence-electron chi connectivity index (χ3n) is 2.94. The van der Waals surface area contributed by atoms with E-state index in [0.29, 0.717) is 5.75 Å². The topological polar surface area (TPSA) is 9.23 Å². The van der Waals surface area contributed by atoms with E-state index in [0.717, 1.165) is 37.7 Å². The molecule has 0 aromatic heterocycles. The Balaban J connectivity index is 2.70. The second kappa shape index (κ2) is 7.31. The third-order valence-corrected chi connectivity index (χ3v) is 2.94. The Labute approximate surface area is 104 Å². The first kappa shape index (κ1) is 14.0. The van der Waals surface area contributed by atoms with Crippen LogP contribution in [0, 0.1) is 12.7 Å². The van der Waals surface area contributed by atoms with Crippen molar-refractivity contribution < 1.29 is 9.13 Å². The Morgan fingerprint density at radius 3 is 2.53 bits per heavy atom. The molecule has 0 fully saturated rings. The van der Waals surface area contributed by atoms with Gasteiger partial charge in [0.15, 0.2) is 11.6 Å². The van der Waals surface area contributed by atoms with Gasteiger partial charge >= 0.3 is 0 Å². The van der Waals surface area contributed by atoms with Crippen LogP contribution in [-0.2, 0) is 0 Å². The van der Waals surface area contributed by atoms with Crippen molar-refractivity contribution in [1.82, 2.24) is 0 Å². The summed E-state index contributed by atoms with van der Waals surface area (Å²) in [5, 5.41) is 0. The van der Waals surface area contributed by atoms with Gasteiger partial charge in [-0.05, 0) is 31.4 Å². The van der Waals surface area contributed by atoms with Crippen molar-refractivity contribution in [2.75, 3.05) is 0 Å². The van der Waals surface area contributed by atoms with Crippen molar-refractivity contribution in [1.29, 1.82) is 0 Å². The van der Waals surface area contributed by atoms with Gasteiger partial charge in [-0.25, -0.2) is 4.39 Å². The molecule has 0 amide bonds. The molecule has 0 spiro atoms. The van der Waals surface area contributed by atoms with Crippen LogP contribution in [-0.4, -0.2) is 6.10 Å². The number of aryl methyl sites for hydroxylation is 1. The molecule has 0 N–H and O–H groups in total. The lowest BCUT2D eigenvalue weighted by molar-refractivity contribution is 0.168. The maximum Gasteiger partial charge on any atom is 0.165 e. The number of para-hydroxylation sites is 1. The molecule has 0 bridgehead atoms. The average Bonchev–Trinajstić information content (AvgIpc) is 2.31. The second-order valence-electron chi connectivity index (χ2n) is 4.56. The van der Waals surface area contributed by atoms with E-state index in [2.05, 4.69) is 13.8 Å². The molecule has 0 saturated carbocycles. The summed E-state index contributed by atoms with van der Waals surface area (Å²) in [5.41, 5.74) is 0.877. The molecule has 2 heteroatoms. The molecular formula is C15H23FO. The van der Waals surface area contributed by atoms with E-state index < -0.39 is 0 Å². The standard InChI is InChI=1S/C15H23FO/c1-4-6-10-13(8-5-2)17-15-12(3)9-7-11-14(15)16/h7,9,11,13H,4-6,8,10H2,1-3H3. The maximum atomic E-state index is 13.6. The molecule has 1 nitrogen and oxygen atoms in total. The zero-order valence-electron chi connectivity index (χ0n) is 11.1. The van der Waals surface area contributed by atoms with E-state index in [1.54, 1.807) is 6.07 Å². The van der Waals surface area contributed by atoms with Crippen LogP contribution in [0.3, 0.4) is 0 Å².